The number of aromatic nitrogens is 3. The normalized spacial score (nSPS) is 22.2. The Morgan fingerprint density at radius 2 is 1.91 bits per heavy atom. The van der Waals surface area contributed by atoms with Crippen LogP contribution in [0.3, 0.4) is 0 Å². The minimum atomic E-state index is -5.08. The van der Waals surface area contributed by atoms with E-state index >= 15 is 0 Å². The van der Waals surface area contributed by atoms with Crippen LogP contribution in [-0.2, 0) is 16.0 Å². The van der Waals surface area contributed by atoms with E-state index in [1.807, 2.05) is 0 Å². The first-order chi connectivity index (χ1) is 16.0. The minimum Gasteiger partial charge on any atom is -0.475 e. The van der Waals surface area contributed by atoms with Crippen LogP contribution in [0.1, 0.15) is 25.3 Å². The lowest BCUT2D eigenvalue weighted by Crippen LogP contribution is -2.56. The van der Waals surface area contributed by atoms with Gasteiger partial charge in [0.25, 0.3) is 0 Å². The second-order valence-corrected chi connectivity index (χ2v) is 9.28. The summed E-state index contributed by atoms with van der Waals surface area (Å²) in [7, 11) is 0. The Kier molecular flexibility index (Phi) is 8.77. The van der Waals surface area contributed by atoms with Gasteiger partial charge in [-0.3, -0.25) is 4.90 Å². The number of halogens is 4. The van der Waals surface area contributed by atoms with Gasteiger partial charge in [0.1, 0.15) is 0 Å². The summed E-state index contributed by atoms with van der Waals surface area (Å²) < 4.78 is 38.9. The highest BCUT2D eigenvalue weighted by Crippen LogP contribution is 2.26. The van der Waals surface area contributed by atoms with Crippen LogP contribution in [0.4, 0.5) is 25.1 Å². The van der Waals surface area contributed by atoms with Crippen molar-refractivity contribution in [3.8, 4) is 0 Å². The Morgan fingerprint density at radius 1 is 1.29 bits per heavy atom. The fourth-order valence-electron chi connectivity index (χ4n) is 4.19. The molecular formula is C21H28BrF3N6O3. The summed E-state index contributed by atoms with van der Waals surface area (Å²) in [6.45, 7) is 5.89. The number of carboxylic acid groups (broad SMARTS) is 1. The van der Waals surface area contributed by atoms with Gasteiger partial charge < -0.3 is 20.5 Å². The number of hydrogen-bond donors (Lipinski definition) is 3. The number of nitrogens with zero attached hydrogens (tertiary/aromatic N) is 4. The van der Waals surface area contributed by atoms with E-state index in [0.717, 1.165) is 50.0 Å². The number of nitrogens with two attached hydrogens (primary N) is 1. The first-order valence-corrected chi connectivity index (χ1v) is 11.7. The molecule has 0 amide bonds. The van der Waals surface area contributed by atoms with Gasteiger partial charge in [-0.1, -0.05) is 28.1 Å². The van der Waals surface area contributed by atoms with Gasteiger partial charge in [-0.2, -0.15) is 18.2 Å². The van der Waals surface area contributed by atoms with E-state index in [2.05, 4.69) is 72.1 Å². The molecule has 0 aliphatic carbocycles. The zero-order valence-corrected chi connectivity index (χ0v) is 20.2. The molecule has 2 aliphatic rings. The van der Waals surface area contributed by atoms with E-state index in [1.165, 1.54) is 5.56 Å². The van der Waals surface area contributed by atoms with Gasteiger partial charge in [0.15, 0.2) is 0 Å². The number of H-pyrrole nitrogens is 1. The smallest absolute Gasteiger partial charge is 0.475 e. The molecule has 188 valence electrons. The Hall–Kier alpha value is -2.38. The minimum absolute atomic E-state index is 0.289. The molecular weight excluding hydrogens is 521 g/mol. The number of aromatic amines is 1. The second-order valence-electron chi connectivity index (χ2n) is 8.37. The molecule has 0 unspecified atom stereocenters. The predicted octanol–water partition coefficient (Wildman–Crippen LogP) is 3.08. The van der Waals surface area contributed by atoms with Gasteiger partial charge >= 0.3 is 12.1 Å². The summed E-state index contributed by atoms with van der Waals surface area (Å²) in [6, 6.07) is 9.65. The molecule has 2 saturated heterocycles. The number of anilines is 2. The maximum absolute atomic E-state index is 10.6. The lowest BCUT2D eigenvalue weighted by molar-refractivity contribution is -0.192. The van der Waals surface area contributed by atoms with Crippen molar-refractivity contribution in [2.45, 2.75) is 50.6 Å². The molecule has 9 nitrogen and oxygen atoms in total. The molecule has 0 spiro atoms. The standard InChI is InChI=1S/C19H27BrN6O.C2HF3O2/c1-13-11-26(17(12-27-13)10-14-2-4-15(20)5-3-14)16-6-8-25(9-7-16)19-22-18(21)23-24-19;3-2(4,5)1(6)7/h2-5,13,16-17H,6-12H2,1H3,(H3,21,22,23,24);(H,6,7)/t13-,17-;/m0./s1. The Labute approximate surface area is 203 Å². The van der Waals surface area contributed by atoms with Crippen LogP contribution in [0, 0.1) is 0 Å². The Balaban J connectivity index is 0.000000406. The third-order valence-corrected chi connectivity index (χ3v) is 6.37. The van der Waals surface area contributed by atoms with Crippen molar-refractivity contribution in [2.75, 3.05) is 36.9 Å². The third-order valence-electron chi connectivity index (χ3n) is 5.84. The fourth-order valence-corrected chi connectivity index (χ4v) is 4.45. The van der Waals surface area contributed by atoms with Crippen molar-refractivity contribution in [1.29, 1.82) is 0 Å². The number of rotatable bonds is 4. The summed E-state index contributed by atoms with van der Waals surface area (Å²) in [6.07, 6.45) is -1.55. The molecule has 2 atom stereocenters. The topological polar surface area (TPSA) is 121 Å². The molecule has 0 radical (unpaired) electrons. The lowest BCUT2D eigenvalue weighted by Gasteiger charge is -2.46. The number of morpholine rings is 1. The zero-order chi connectivity index (χ0) is 24.9. The summed E-state index contributed by atoms with van der Waals surface area (Å²) in [5.41, 5.74) is 7.03. The largest absolute Gasteiger partial charge is 0.490 e. The highest BCUT2D eigenvalue weighted by molar-refractivity contribution is 9.10. The van der Waals surface area contributed by atoms with Crippen molar-refractivity contribution >= 4 is 33.8 Å². The van der Waals surface area contributed by atoms with E-state index in [-0.39, 0.29) is 6.10 Å². The highest BCUT2D eigenvalue weighted by atomic mass is 79.9. The van der Waals surface area contributed by atoms with Gasteiger partial charge in [0, 0.05) is 36.2 Å². The van der Waals surface area contributed by atoms with Gasteiger partial charge in [-0.15, -0.1) is 5.10 Å². The molecule has 4 rings (SSSR count). The molecule has 34 heavy (non-hydrogen) atoms. The molecule has 2 aromatic rings. The number of aliphatic carboxylic acids is 1. The maximum Gasteiger partial charge on any atom is 0.490 e. The van der Waals surface area contributed by atoms with Gasteiger partial charge in [-0.25, -0.2) is 9.89 Å². The number of nitrogens with one attached hydrogen (secondary N) is 1. The van der Waals surface area contributed by atoms with Crippen LogP contribution < -0.4 is 10.6 Å². The molecule has 4 N–H and O–H groups in total. The number of nitrogen functional groups attached to an aromatic ring is 1. The number of carboxylic acids is 1. The number of alkyl halides is 3. The highest BCUT2D eigenvalue weighted by Gasteiger charge is 2.38. The summed E-state index contributed by atoms with van der Waals surface area (Å²) >= 11 is 3.52. The molecule has 3 heterocycles. The van der Waals surface area contributed by atoms with E-state index in [9.17, 15) is 13.2 Å². The summed E-state index contributed by atoms with van der Waals surface area (Å²) in [5.74, 6) is -1.66. The molecule has 2 fully saturated rings. The molecule has 1 aromatic heterocycles. The Bertz CT molecular complexity index is 935. The zero-order valence-electron chi connectivity index (χ0n) is 18.6. The van der Waals surface area contributed by atoms with Crippen LogP contribution in [0.2, 0.25) is 0 Å². The van der Waals surface area contributed by atoms with E-state index in [1.54, 1.807) is 0 Å². The van der Waals surface area contributed by atoms with Crippen LogP contribution in [0.5, 0.6) is 0 Å². The number of carbonyl (C=O) groups is 1. The molecule has 13 heteroatoms. The van der Waals surface area contributed by atoms with E-state index in [4.69, 9.17) is 20.4 Å². The number of hydrogen-bond acceptors (Lipinski definition) is 7. The van der Waals surface area contributed by atoms with Crippen LogP contribution in [0.15, 0.2) is 28.7 Å². The number of piperidine rings is 1. The van der Waals surface area contributed by atoms with E-state index < -0.39 is 12.1 Å². The van der Waals surface area contributed by atoms with Crippen molar-refractivity contribution in [3.05, 3.63) is 34.3 Å². The number of ether oxygens (including phenoxy) is 1. The first-order valence-electron chi connectivity index (χ1n) is 10.9. The predicted molar refractivity (Wildman–Crippen MR) is 123 cm³/mol. The van der Waals surface area contributed by atoms with E-state index in [0.29, 0.717) is 24.0 Å². The molecule has 0 bridgehead atoms. The lowest BCUT2D eigenvalue weighted by atomic mass is 9.96. The average molecular weight is 549 g/mol. The van der Waals surface area contributed by atoms with Crippen molar-refractivity contribution < 1.29 is 27.8 Å². The third kappa shape index (κ3) is 7.31. The summed E-state index contributed by atoms with van der Waals surface area (Å²) in [5, 5.41) is 14.0. The first kappa shape index (κ1) is 26.2. The Morgan fingerprint density at radius 3 is 2.44 bits per heavy atom. The fraction of sp³-hybridized carbons (Fsp3) is 0.571. The maximum atomic E-state index is 10.6. The van der Waals surface area contributed by atoms with Crippen molar-refractivity contribution in [3.63, 3.8) is 0 Å². The van der Waals surface area contributed by atoms with Crippen LogP contribution in [-0.4, -0.2) is 81.8 Å². The molecule has 1 aromatic carbocycles. The van der Waals surface area contributed by atoms with Crippen molar-refractivity contribution in [2.24, 2.45) is 0 Å². The van der Waals surface area contributed by atoms with Gasteiger partial charge in [0.05, 0.1) is 12.7 Å². The average Bonchev–Trinajstić information content (AvgIpc) is 3.23. The van der Waals surface area contributed by atoms with Crippen LogP contribution >= 0.6 is 15.9 Å². The number of benzene rings is 1. The van der Waals surface area contributed by atoms with Crippen LogP contribution in [0.25, 0.3) is 0 Å². The second kappa shape index (κ2) is 11.4. The van der Waals surface area contributed by atoms with Gasteiger partial charge in [0.2, 0.25) is 11.9 Å². The monoisotopic (exact) mass is 548 g/mol. The molecule has 2 aliphatic heterocycles. The quantitative estimate of drug-likeness (QED) is 0.533. The molecule has 0 saturated carbocycles. The SMILES string of the molecule is C[C@H]1CN(C2CCN(c3n[nH]c(N)n3)CC2)[C@@H](Cc2ccc(Br)cc2)CO1.O=C(O)C(F)(F)F. The van der Waals surface area contributed by atoms with Gasteiger partial charge in [-0.05, 0) is 43.9 Å². The van der Waals surface area contributed by atoms with Crippen molar-refractivity contribution in [1.82, 2.24) is 20.1 Å². The summed E-state index contributed by atoms with van der Waals surface area (Å²) in [4.78, 5) is 18.1.